The molecule has 0 fully saturated rings. The first-order valence-electron chi connectivity index (χ1n) is 5.49. The van der Waals surface area contributed by atoms with Crippen molar-refractivity contribution in [3.8, 4) is 6.07 Å². The van der Waals surface area contributed by atoms with Crippen LogP contribution in [0, 0.1) is 11.3 Å². The molecule has 0 aromatic heterocycles. The summed E-state index contributed by atoms with van der Waals surface area (Å²) in [6, 6.07) is 9.20. The van der Waals surface area contributed by atoms with Crippen molar-refractivity contribution >= 4 is 5.91 Å². The average molecular weight is 232 g/mol. The maximum absolute atomic E-state index is 11.4. The minimum absolute atomic E-state index is 0.0441. The van der Waals surface area contributed by atoms with Crippen LogP contribution in [-0.4, -0.2) is 18.6 Å². The van der Waals surface area contributed by atoms with Crippen molar-refractivity contribution in [1.82, 2.24) is 5.32 Å². The van der Waals surface area contributed by atoms with Crippen LogP contribution in [0.1, 0.15) is 25.0 Å². The van der Waals surface area contributed by atoms with Crippen LogP contribution in [0.2, 0.25) is 0 Å². The molecule has 4 heteroatoms. The normalized spacial score (nSPS) is 10.0. The number of benzene rings is 1. The highest BCUT2D eigenvalue weighted by atomic mass is 16.5. The van der Waals surface area contributed by atoms with Gasteiger partial charge < -0.3 is 10.1 Å². The van der Waals surface area contributed by atoms with E-state index in [1.165, 1.54) is 0 Å². The number of hydrogen-bond acceptors (Lipinski definition) is 3. The smallest absolute Gasteiger partial charge is 0.246 e. The van der Waals surface area contributed by atoms with E-state index in [1.807, 2.05) is 19.9 Å². The largest absolute Gasteiger partial charge is 0.369 e. The van der Waals surface area contributed by atoms with Crippen molar-refractivity contribution in [2.24, 2.45) is 0 Å². The van der Waals surface area contributed by atoms with Crippen molar-refractivity contribution in [1.29, 1.82) is 5.26 Å². The Balaban J connectivity index is 2.40. The number of ether oxygens (including phenoxy) is 1. The zero-order valence-corrected chi connectivity index (χ0v) is 10.1. The van der Waals surface area contributed by atoms with E-state index >= 15 is 0 Å². The van der Waals surface area contributed by atoms with E-state index in [-0.39, 0.29) is 18.6 Å². The van der Waals surface area contributed by atoms with E-state index in [9.17, 15) is 4.79 Å². The summed E-state index contributed by atoms with van der Waals surface area (Å²) >= 11 is 0. The summed E-state index contributed by atoms with van der Waals surface area (Å²) in [6.07, 6.45) is 0.0441. The quantitative estimate of drug-likeness (QED) is 0.838. The van der Waals surface area contributed by atoms with E-state index in [4.69, 9.17) is 10.00 Å². The third-order valence-electron chi connectivity index (χ3n) is 2.09. The van der Waals surface area contributed by atoms with Gasteiger partial charge in [-0.05, 0) is 31.5 Å². The van der Waals surface area contributed by atoms with Crippen LogP contribution in [0.5, 0.6) is 0 Å². The van der Waals surface area contributed by atoms with E-state index in [0.29, 0.717) is 12.1 Å². The van der Waals surface area contributed by atoms with Gasteiger partial charge in [-0.3, -0.25) is 4.79 Å². The molecule has 0 unspecified atom stereocenters. The number of hydrogen-bond donors (Lipinski definition) is 1. The van der Waals surface area contributed by atoms with Crippen molar-refractivity contribution < 1.29 is 9.53 Å². The Bertz CT molecular complexity index is 422. The molecule has 0 saturated carbocycles. The predicted molar refractivity (Wildman–Crippen MR) is 64.1 cm³/mol. The first-order chi connectivity index (χ1) is 8.11. The van der Waals surface area contributed by atoms with Gasteiger partial charge in [-0.25, -0.2) is 0 Å². The molecule has 0 aliphatic heterocycles. The summed E-state index contributed by atoms with van der Waals surface area (Å²) in [7, 11) is 0. The minimum atomic E-state index is -0.152. The standard InChI is InChI=1S/C13H16N2O2/c1-10(2)17-9-13(16)15-8-12-5-3-4-11(6-12)7-14/h3-6,10H,8-9H2,1-2H3,(H,15,16). The molecule has 0 atom stereocenters. The molecule has 0 saturated heterocycles. The maximum atomic E-state index is 11.4. The topological polar surface area (TPSA) is 62.1 Å². The summed E-state index contributed by atoms with van der Waals surface area (Å²) in [5, 5.41) is 11.5. The van der Waals surface area contributed by atoms with Gasteiger partial charge in [0, 0.05) is 6.54 Å². The van der Waals surface area contributed by atoms with Gasteiger partial charge in [0.15, 0.2) is 0 Å². The number of nitrogens with zero attached hydrogens (tertiary/aromatic N) is 1. The number of amides is 1. The number of rotatable bonds is 5. The highest BCUT2D eigenvalue weighted by molar-refractivity contribution is 5.77. The Kier molecular flexibility index (Phi) is 5.18. The molecular weight excluding hydrogens is 216 g/mol. The van der Waals surface area contributed by atoms with Crippen LogP contribution in [-0.2, 0) is 16.1 Å². The number of carbonyl (C=O) groups excluding carboxylic acids is 1. The number of carbonyl (C=O) groups is 1. The first-order valence-corrected chi connectivity index (χ1v) is 5.49. The zero-order valence-electron chi connectivity index (χ0n) is 10.1. The highest BCUT2D eigenvalue weighted by Gasteiger charge is 2.03. The molecule has 1 rings (SSSR count). The lowest BCUT2D eigenvalue weighted by Gasteiger charge is -2.08. The van der Waals surface area contributed by atoms with Gasteiger partial charge in [0.2, 0.25) is 5.91 Å². The lowest BCUT2D eigenvalue weighted by Crippen LogP contribution is -2.28. The van der Waals surface area contributed by atoms with Gasteiger partial charge in [-0.1, -0.05) is 12.1 Å². The molecule has 1 aromatic carbocycles. The highest BCUT2D eigenvalue weighted by Crippen LogP contribution is 2.03. The molecular formula is C13H16N2O2. The van der Waals surface area contributed by atoms with Crippen LogP contribution in [0.4, 0.5) is 0 Å². The summed E-state index contributed by atoms with van der Waals surface area (Å²) in [4.78, 5) is 11.4. The van der Waals surface area contributed by atoms with E-state index in [1.54, 1.807) is 18.2 Å². The molecule has 1 amide bonds. The van der Waals surface area contributed by atoms with Gasteiger partial charge in [0.05, 0.1) is 17.7 Å². The molecule has 0 spiro atoms. The van der Waals surface area contributed by atoms with Gasteiger partial charge in [0.25, 0.3) is 0 Å². The van der Waals surface area contributed by atoms with Gasteiger partial charge in [-0.2, -0.15) is 5.26 Å². The molecule has 90 valence electrons. The second-order valence-corrected chi connectivity index (χ2v) is 3.95. The lowest BCUT2D eigenvalue weighted by molar-refractivity contribution is -0.127. The van der Waals surface area contributed by atoms with Crippen molar-refractivity contribution in [2.45, 2.75) is 26.5 Å². The van der Waals surface area contributed by atoms with Crippen LogP contribution in [0.3, 0.4) is 0 Å². The van der Waals surface area contributed by atoms with Gasteiger partial charge >= 0.3 is 0 Å². The number of nitrogens with one attached hydrogen (secondary N) is 1. The maximum Gasteiger partial charge on any atom is 0.246 e. The Hall–Kier alpha value is -1.86. The second kappa shape index (κ2) is 6.66. The fourth-order valence-electron chi connectivity index (χ4n) is 1.24. The molecule has 0 aliphatic rings. The predicted octanol–water partition coefficient (Wildman–Crippen LogP) is 1.60. The van der Waals surface area contributed by atoms with Crippen LogP contribution in [0.15, 0.2) is 24.3 Å². The molecule has 0 heterocycles. The Morgan fingerprint density at radius 1 is 1.53 bits per heavy atom. The summed E-state index contributed by atoms with van der Waals surface area (Å²) in [5.41, 5.74) is 1.50. The lowest BCUT2D eigenvalue weighted by atomic mass is 10.1. The molecule has 17 heavy (non-hydrogen) atoms. The fourth-order valence-corrected chi connectivity index (χ4v) is 1.24. The average Bonchev–Trinajstić information content (AvgIpc) is 2.34. The van der Waals surface area contributed by atoms with E-state index in [2.05, 4.69) is 11.4 Å². The molecule has 0 aliphatic carbocycles. The summed E-state index contributed by atoms with van der Waals surface area (Å²) in [5.74, 6) is -0.152. The van der Waals surface area contributed by atoms with Crippen molar-refractivity contribution in [3.05, 3.63) is 35.4 Å². The summed E-state index contributed by atoms with van der Waals surface area (Å²) in [6.45, 7) is 4.23. The monoisotopic (exact) mass is 232 g/mol. The molecule has 0 radical (unpaired) electrons. The zero-order chi connectivity index (χ0) is 12.7. The van der Waals surface area contributed by atoms with Crippen molar-refractivity contribution in [3.63, 3.8) is 0 Å². The van der Waals surface area contributed by atoms with Gasteiger partial charge in [-0.15, -0.1) is 0 Å². The van der Waals surface area contributed by atoms with Crippen LogP contribution in [0.25, 0.3) is 0 Å². The van der Waals surface area contributed by atoms with Crippen molar-refractivity contribution in [2.75, 3.05) is 6.61 Å². The Morgan fingerprint density at radius 3 is 2.94 bits per heavy atom. The molecule has 0 bridgehead atoms. The molecule has 4 nitrogen and oxygen atoms in total. The first kappa shape index (κ1) is 13.2. The SMILES string of the molecule is CC(C)OCC(=O)NCc1cccc(C#N)c1. The fraction of sp³-hybridized carbons (Fsp3) is 0.385. The Morgan fingerprint density at radius 2 is 2.29 bits per heavy atom. The third kappa shape index (κ3) is 5.14. The third-order valence-corrected chi connectivity index (χ3v) is 2.09. The van der Waals surface area contributed by atoms with Gasteiger partial charge in [0.1, 0.15) is 6.61 Å². The summed E-state index contributed by atoms with van der Waals surface area (Å²) < 4.78 is 5.17. The molecule has 1 N–H and O–H groups in total. The minimum Gasteiger partial charge on any atom is -0.369 e. The Labute approximate surface area is 101 Å². The van der Waals surface area contributed by atoms with E-state index in [0.717, 1.165) is 5.56 Å². The van der Waals surface area contributed by atoms with Crippen LogP contribution >= 0.6 is 0 Å². The second-order valence-electron chi connectivity index (χ2n) is 3.95. The number of nitriles is 1. The van der Waals surface area contributed by atoms with Crippen LogP contribution < -0.4 is 5.32 Å². The molecule has 1 aromatic rings. The van der Waals surface area contributed by atoms with E-state index < -0.39 is 0 Å².